The van der Waals surface area contributed by atoms with Crippen molar-refractivity contribution in [2.45, 2.75) is 26.2 Å². The molecule has 1 aliphatic rings. The van der Waals surface area contributed by atoms with Gasteiger partial charge in [-0.2, -0.15) is 0 Å². The fourth-order valence-electron chi connectivity index (χ4n) is 1.08. The van der Waals surface area contributed by atoms with Gasteiger partial charge in [0.2, 0.25) is 0 Å². The Kier molecular flexibility index (Phi) is 3.00. The van der Waals surface area contributed by atoms with E-state index in [1.54, 1.807) is 6.92 Å². The van der Waals surface area contributed by atoms with Gasteiger partial charge in [0, 0.05) is 6.42 Å². The van der Waals surface area contributed by atoms with E-state index in [1.807, 2.05) is 0 Å². The molecule has 0 radical (unpaired) electrons. The van der Waals surface area contributed by atoms with Gasteiger partial charge in [0.15, 0.2) is 0 Å². The lowest BCUT2D eigenvalue weighted by Gasteiger charge is -1.99. The van der Waals surface area contributed by atoms with E-state index in [9.17, 15) is 9.59 Å². The van der Waals surface area contributed by atoms with Gasteiger partial charge in [0.05, 0.1) is 11.6 Å². The molecule has 1 N–H and O–H groups in total. The van der Waals surface area contributed by atoms with Crippen molar-refractivity contribution in [1.29, 1.82) is 0 Å². The molecule has 1 rings (SSSR count). The van der Waals surface area contributed by atoms with Gasteiger partial charge in [0.25, 0.3) is 0 Å². The molecule has 1 heterocycles. The van der Waals surface area contributed by atoms with Gasteiger partial charge in [-0.1, -0.05) is 5.16 Å². The Labute approximate surface area is 75.4 Å². The van der Waals surface area contributed by atoms with Crippen molar-refractivity contribution >= 4 is 17.7 Å². The van der Waals surface area contributed by atoms with Crippen LogP contribution in [0.4, 0.5) is 0 Å². The van der Waals surface area contributed by atoms with Crippen molar-refractivity contribution < 1.29 is 19.5 Å². The summed E-state index contributed by atoms with van der Waals surface area (Å²) in [6.07, 6.45) is 1.11. The highest BCUT2D eigenvalue weighted by Gasteiger charge is 2.27. The fraction of sp³-hybridized carbons (Fsp3) is 0.625. The van der Waals surface area contributed by atoms with Gasteiger partial charge in [-0.05, 0) is 19.8 Å². The molecule has 0 aliphatic carbocycles. The summed E-state index contributed by atoms with van der Waals surface area (Å²) in [5.74, 6) is -1.50. The van der Waals surface area contributed by atoms with Crippen molar-refractivity contribution in [3.8, 4) is 0 Å². The van der Waals surface area contributed by atoms with Crippen LogP contribution in [-0.4, -0.2) is 22.8 Å². The number of carboxylic acids is 1. The highest BCUT2D eigenvalue weighted by molar-refractivity contribution is 6.04. The van der Waals surface area contributed by atoms with Crippen molar-refractivity contribution in [2.75, 3.05) is 0 Å². The third-order valence-electron chi connectivity index (χ3n) is 1.93. The Hall–Kier alpha value is -1.39. The maximum absolute atomic E-state index is 10.8. The lowest BCUT2D eigenvalue weighted by Crippen LogP contribution is -2.14. The summed E-state index contributed by atoms with van der Waals surface area (Å²) in [5.41, 5.74) is 0.645. The maximum Gasteiger partial charge on any atom is 0.343 e. The van der Waals surface area contributed by atoms with Gasteiger partial charge in [-0.3, -0.25) is 4.79 Å². The summed E-state index contributed by atoms with van der Waals surface area (Å²) >= 11 is 0. The van der Waals surface area contributed by atoms with Crippen molar-refractivity contribution in [2.24, 2.45) is 11.1 Å². The van der Waals surface area contributed by atoms with Gasteiger partial charge in [0.1, 0.15) is 0 Å². The van der Waals surface area contributed by atoms with Gasteiger partial charge >= 0.3 is 11.9 Å². The highest BCUT2D eigenvalue weighted by atomic mass is 16.7. The van der Waals surface area contributed by atoms with E-state index < -0.39 is 5.97 Å². The number of hydrogen-bond acceptors (Lipinski definition) is 4. The van der Waals surface area contributed by atoms with Crippen molar-refractivity contribution in [3.63, 3.8) is 0 Å². The molecule has 0 saturated heterocycles. The fourth-order valence-corrected chi connectivity index (χ4v) is 1.08. The number of carbonyl (C=O) groups excluding carboxylic acids is 1. The first-order chi connectivity index (χ1) is 6.11. The molecule has 5 heteroatoms. The Balaban J connectivity index is 2.30. The van der Waals surface area contributed by atoms with E-state index in [2.05, 4.69) is 9.99 Å². The molecule has 0 amide bonds. The monoisotopic (exact) mass is 185 g/mol. The quantitative estimate of drug-likeness (QED) is 0.657. The second kappa shape index (κ2) is 4.02. The standard InChI is InChI=1S/C8H11NO4/c1-5-6(9-13-8(5)12)3-2-4-7(10)11/h5H,2-4H2,1H3,(H,10,11). The first-order valence-corrected chi connectivity index (χ1v) is 4.10. The van der Waals surface area contributed by atoms with Crippen LogP contribution in [0.2, 0.25) is 0 Å². The number of oxime groups is 1. The van der Waals surface area contributed by atoms with Crippen LogP contribution in [0.3, 0.4) is 0 Å². The predicted octanol–water partition coefficient (Wildman–Crippen LogP) is 0.790. The predicted molar refractivity (Wildman–Crippen MR) is 44.2 cm³/mol. The van der Waals surface area contributed by atoms with E-state index in [1.165, 1.54) is 0 Å². The van der Waals surface area contributed by atoms with Crippen LogP contribution < -0.4 is 0 Å². The summed E-state index contributed by atoms with van der Waals surface area (Å²) < 4.78 is 0. The maximum atomic E-state index is 10.8. The molecule has 13 heavy (non-hydrogen) atoms. The third-order valence-corrected chi connectivity index (χ3v) is 1.93. The molecule has 0 aromatic heterocycles. The molecule has 1 atom stereocenters. The average Bonchev–Trinajstić information content (AvgIpc) is 2.35. The van der Waals surface area contributed by atoms with Crippen molar-refractivity contribution in [1.82, 2.24) is 0 Å². The topological polar surface area (TPSA) is 76.0 Å². The largest absolute Gasteiger partial charge is 0.481 e. The summed E-state index contributed by atoms with van der Waals surface area (Å²) in [6, 6.07) is 0. The van der Waals surface area contributed by atoms with Crippen LogP contribution in [0, 0.1) is 5.92 Å². The molecule has 0 fully saturated rings. The number of carbonyl (C=O) groups is 2. The molecule has 0 spiro atoms. The number of hydrogen-bond donors (Lipinski definition) is 1. The Morgan fingerprint density at radius 2 is 2.38 bits per heavy atom. The van der Waals surface area contributed by atoms with Gasteiger partial charge in [-0.15, -0.1) is 0 Å². The van der Waals surface area contributed by atoms with Gasteiger partial charge < -0.3 is 9.94 Å². The zero-order valence-corrected chi connectivity index (χ0v) is 7.32. The minimum Gasteiger partial charge on any atom is -0.481 e. The molecule has 0 bridgehead atoms. The van der Waals surface area contributed by atoms with Crippen LogP contribution in [0.1, 0.15) is 26.2 Å². The molecule has 5 nitrogen and oxygen atoms in total. The molecule has 1 unspecified atom stereocenters. The summed E-state index contributed by atoms with van der Waals surface area (Å²) in [5, 5.41) is 11.9. The summed E-state index contributed by atoms with van der Waals surface area (Å²) in [6.45, 7) is 1.70. The van der Waals surface area contributed by atoms with E-state index in [0.717, 1.165) is 0 Å². The smallest absolute Gasteiger partial charge is 0.343 e. The third kappa shape index (κ3) is 2.54. The Morgan fingerprint density at radius 3 is 2.85 bits per heavy atom. The molecule has 72 valence electrons. The molecular weight excluding hydrogens is 174 g/mol. The first-order valence-electron chi connectivity index (χ1n) is 4.10. The van der Waals surface area contributed by atoms with E-state index in [4.69, 9.17) is 5.11 Å². The van der Waals surface area contributed by atoms with E-state index >= 15 is 0 Å². The number of rotatable bonds is 4. The van der Waals surface area contributed by atoms with E-state index in [-0.39, 0.29) is 18.3 Å². The normalized spacial score (nSPS) is 21.2. The molecular formula is C8H11NO4. The summed E-state index contributed by atoms with van der Waals surface area (Å²) in [4.78, 5) is 25.4. The van der Waals surface area contributed by atoms with Crippen LogP contribution in [-0.2, 0) is 14.4 Å². The van der Waals surface area contributed by atoms with Gasteiger partial charge in [-0.25, -0.2) is 4.79 Å². The lowest BCUT2D eigenvalue weighted by molar-refractivity contribution is -0.143. The molecule has 0 saturated carbocycles. The minimum absolute atomic E-state index is 0.0972. The minimum atomic E-state index is -0.835. The zero-order valence-electron chi connectivity index (χ0n) is 7.32. The Bertz CT molecular complexity index is 259. The van der Waals surface area contributed by atoms with Crippen molar-refractivity contribution in [3.05, 3.63) is 0 Å². The Morgan fingerprint density at radius 1 is 1.69 bits per heavy atom. The molecule has 1 aliphatic heterocycles. The van der Waals surface area contributed by atoms with Crippen LogP contribution in [0.15, 0.2) is 5.16 Å². The number of nitrogens with zero attached hydrogens (tertiary/aromatic N) is 1. The molecule has 0 aromatic carbocycles. The van der Waals surface area contributed by atoms with Crippen LogP contribution in [0.5, 0.6) is 0 Å². The zero-order chi connectivity index (χ0) is 9.84. The second-order valence-corrected chi connectivity index (χ2v) is 2.96. The number of aliphatic carboxylic acids is 1. The average molecular weight is 185 g/mol. The van der Waals surface area contributed by atoms with E-state index in [0.29, 0.717) is 18.6 Å². The molecule has 0 aromatic rings. The van der Waals surface area contributed by atoms with Crippen LogP contribution >= 0.6 is 0 Å². The second-order valence-electron chi connectivity index (χ2n) is 2.96. The first kappa shape index (κ1) is 9.70. The highest BCUT2D eigenvalue weighted by Crippen LogP contribution is 2.15. The number of carboxylic acid groups (broad SMARTS) is 1. The lowest BCUT2D eigenvalue weighted by atomic mass is 10.0. The summed E-state index contributed by atoms with van der Waals surface area (Å²) in [7, 11) is 0. The van der Waals surface area contributed by atoms with Crippen LogP contribution in [0.25, 0.3) is 0 Å². The SMILES string of the molecule is CC1C(=O)ON=C1CCCC(=O)O.